The molecule has 0 amide bonds. The van der Waals surface area contributed by atoms with E-state index in [-0.39, 0.29) is 35.5 Å². The number of nitriles is 1. The molecule has 0 aliphatic carbocycles. The molecule has 0 saturated heterocycles. The Morgan fingerprint density at radius 3 is 2.56 bits per heavy atom. The number of benzene rings is 1. The van der Waals surface area contributed by atoms with Gasteiger partial charge in [-0.25, -0.2) is 0 Å². The molecule has 1 heterocycles. The van der Waals surface area contributed by atoms with Crippen LogP contribution in [0.5, 0.6) is 0 Å². The van der Waals surface area contributed by atoms with Crippen LogP contribution in [0.3, 0.4) is 0 Å². The Labute approximate surface area is 100 Å². The predicted octanol–water partition coefficient (Wildman–Crippen LogP) is -0.914. The molecule has 16 heavy (non-hydrogen) atoms. The van der Waals surface area contributed by atoms with Crippen molar-refractivity contribution in [2.24, 2.45) is 0 Å². The van der Waals surface area contributed by atoms with Gasteiger partial charge in [0.05, 0.1) is 11.6 Å². The van der Waals surface area contributed by atoms with Crippen molar-refractivity contribution in [3.63, 3.8) is 0 Å². The second-order valence-corrected chi connectivity index (χ2v) is 2.86. The number of halogens is 3. The average molecular weight is 217 g/mol. The zero-order chi connectivity index (χ0) is 11.1. The SMILES string of the molecule is N#Cc1ccc2nc(C(F)(F)F)[n-]c2c1.[Li+]. The van der Waals surface area contributed by atoms with Gasteiger partial charge in [-0.15, -0.1) is 0 Å². The molecule has 1 aromatic heterocycles. The van der Waals surface area contributed by atoms with Crippen LogP contribution in [0.2, 0.25) is 0 Å². The summed E-state index contributed by atoms with van der Waals surface area (Å²) >= 11 is 0. The second kappa shape index (κ2) is 4.21. The Kier molecular flexibility index (Phi) is 3.32. The third kappa shape index (κ3) is 2.21. The zero-order valence-electron chi connectivity index (χ0n) is 8.21. The minimum atomic E-state index is -4.55. The fourth-order valence-electron chi connectivity index (χ4n) is 1.16. The number of hydrogen-bond donors (Lipinski definition) is 0. The Balaban J connectivity index is 0.00000128. The molecule has 0 spiro atoms. The van der Waals surface area contributed by atoms with Gasteiger partial charge in [-0.2, -0.15) is 18.4 Å². The summed E-state index contributed by atoms with van der Waals surface area (Å²) < 4.78 is 36.7. The average Bonchev–Trinajstić information content (AvgIpc) is 2.59. The Morgan fingerprint density at radius 1 is 1.31 bits per heavy atom. The molecular formula is C9H3F3LiN3. The Hall–Kier alpha value is -1.43. The largest absolute Gasteiger partial charge is 1.00 e. The molecule has 0 aliphatic rings. The van der Waals surface area contributed by atoms with Crippen molar-refractivity contribution in [2.75, 3.05) is 0 Å². The molecule has 7 heteroatoms. The van der Waals surface area contributed by atoms with E-state index in [4.69, 9.17) is 5.26 Å². The van der Waals surface area contributed by atoms with Gasteiger partial charge in [-0.1, -0.05) is 6.07 Å². The molecule has 0 unspecified atom stereocenters. The molecule has 1 aromatic carbocycles. The van der Waals surface area contributed by atoms with Crippen molar-refractivity contribution in [1.29, 1.82) is 5.26 Å². The van der Waals surface area contributed by atoms with E-state index in [1.165, 1.54) is 18.2 Å². The van der Waals surface area contributed by atoms with Gasteiger partial charge in [0.1, 0.15) is 0 Å². The summed E-state index contributed by atoms with van der Waals surface area (Å²) in [6.45, 7) is 0. The maximum Gasteiger partial charge on any atom is 1.00 e. The molecule has 0 radical (unpaired) electrons. The van der Waals surface area contributed by atoms with Crippen LogP contribution in [0, 0.1) is 11.3 Å². The second-order valence-electron chi connectivity index (χ2n) is 2.86. The van der Waals surface area contributed by atoms with Crippen molar-refractivity contribution in [2.45, 2.75) is 6.18 Å². The van der Waals surface area contributed by atoms with Gasteiger partial charge in [0.2, 0.25) is 0 Å². The molecule has 0 saturated carbocycles. The summed E-state index contributed by atoms with van der Waals surface area (Å²) in [6, 6.07) is 5.84. The van der Waals surface area contributed by atoms with Gasteiger partial charge in [-0.05, 0) is 23.2 Å². The molecular weight excluding hydrogens is 214 g/mol. The number of imidazole rings is 1. The van der Waals surface area contributed by atoms with Crippen LogP contribution in [-0.2, 0) is 6.18 Å². The molecule has 0 fully saturated rings. The van der Waals surface area contributed by atoms with Crippen LogP contribution in [-0.4, -0.2) is 4.98 Å². The fourth-order valence-corrected chi connectivity index (χ4v) is 1.16. The molecule has 2 aromatic rings. The number of nitrogens with zero attached hydrogens (tertiary/aromatic N) is 3. The molecule has 76 valence electrons. The van der Waals surface area contributed by atoms with Crippen molar-refractivity contribution in [3.8, 4) is 6.07 Å². The molecule has 0 N–H and O–H groups in total. The summed E-state index contributed by atoms with van der Waals surface area (Å²) in [7, 11) is 0. The van der Waals surface area contributed by atoms with Gasteiger partial charge >= 0.3 is 25.0 Å². The van der Waals surface area contributed by atoms with E-state index in [0.717, 1.165) is 0 Å². The third-order valence-electron chi connectivity index (χ3n) is 1.81. The van der Waals surface area contributed by atoms with Crippen molar-refractivity contribution < 1.29 is 32.0 Å². The van der Waals surface area contributed by atoms with Crippen LogP contribution in [0.4, 0.5) is 13.2 Å². The quantitative estimate of drug-likeness (QED) is 0.536. The van der Waals surface area contributed by atoms with Gasteiger partial charge in [0.15, 0.2) is 0 Å². The summed E-state index contributed by atoms with van der Waals surface area (Å²) in [5, 5.41) is 8.54. The van der Waals surface area contributed by atoms with E-state index in [1.54, 1.807) is 0 Å². The third-order valence-corrected chi connectivity index (χ3v) is 1.81. The summed E-state index contributed by atoms with van der Waals surface area (Å²) in [5.41, 5.74) is 0.485. The van der Waals surface area contributed by atoms with Gasteiger partial charge in [-0.3, -0.25) is 0 Å². The van der Waals surface area contributed by atoms with Crippen molar-refractivity contribution >= 4 is 11.0 Å². The first-order valence-corrected chi connectivity index (χ1v) is 3.92. The van der Waals surface area contributed by atoms with E-state index >= 15 is 0 Å². The number of aromatic nitrogens is 2. The topological polar surface area (TPSA) is 50.8 Å². The van der Waals surface area contributed by atoms with E-state index in [1.807, 2.05) is 6.07 Å². The van der Waals surface area contributed by atoms with Gasteiger partial charge in [0, 0.05) is 5.82 Å². The van der Waals surface area contributed by atoms with Crippen LogP contribution >= 0.6 is 0 Å². The molecule has 0 atom stereocenters. The van der Waals surface area contributed by atoms with Crippen LogP contribution in [0.25, 0.3) is 11.0 Å². The standard InChI is InChI=1S/C9H3F3N3.Li/c10-9(11,12)8-14-6-2-1-5(4-13)3-7(6)15-8;/h1-3H;/q-1;+1. The number of rotatable bonds is 0. The van der Waals surface area contributed by atoms with Crippen LogP contribution in [0.15, 0.2) is 18.2 Å². The van der Waals surface area contributed by atoms with Gasteiger partial charge in [0.25, 0.3) is 0 Å². The van der Waals surface area contributed by atoms with Gasteiger partial charge < -0.3 is 9.97 Å². The molecule has 0 bridgehead atoms. The fraction of sp³-hybridized carbons (Fsp3) is 0.111. The summed E-state index contributed by atoms with van der Waals surface area (Å²) in [4.78, 5) is 6.62. The predicted molar refractivity (Wildman–Crippen MR) is 44.8 cm³/mol. The first kappa shape index (κ1) is 12.6. The number of fused-ring (bicyclic) bond motifs is 1. The molecule has 2 rings (SSSR count). The van der Waals surface area contributed by atoms with E-state index in [2.05, 4.69) is 9.97 Å². The Bertz CT molecular complexity index is 553. The van der Waals surface area contributed by atoms with Crippen LogP contribution in [0.1, 0.15) is 11.4 Å². The maximum atomic E-state index is 12.2. The van der Waals surface area contributed by atoms with Crippen molar-refractivity contribution in [1.82, 2.24) is 9.97 Å². The van der Waals surface area contributed by atoms with E-state index in [9.17, 15) is 13.2 Å². The number of alkyl halides is 3. The minimum Gasteiger partial charge on any atom is -0.432 e. The maximum absolute atomic E-state index is 12.2. The van der Waals surface area contributed by atoms with Crippen LogP contribution < -0.4 is 23.8 Å². The molecule has 3 nitrogen and oxygen atoms in total. The summed E-state index contributed by atoms with van der Waals surface area (Å²) in [6.07, 6.45) is -4.55. The smallest absolute Gasteiger partial charge is 0.432 e. The summed E-state index contributed by atoms with van der Waals surface area (Å²) in [5.74, 6) is -1.17. The monoisotopic (exact) mass is 217 g/mol. The Morgan fingerprint density at radius 2 is 2.00 bits per heavy atom. The first-order valence-electron chi connectivity index (χ1n) is 3.92. The normalized spacial score (nSPS) is 10.9. The first-order chi connectivity index (χ1) is 7.00. The molecule has 0 aliphatic heterocycles. The van der Waals surface area contributed by atoms with Crippen molar-refractivity contribution in [3.05, 3.63) is 29.6 Å². The minimum absolute atomic E-state index is 0. The number of hydrogen-bond acceptors (Lipinski definition) is 2. The zero-order valence-corrected chi connectivity index (χ0v) is 8.21. The van der Waals surface area contributed by atoms with E-state index < -0.39 is 12.0 Å². The van der Waals surface area contributed by atoms with E-state index in [0.29, 0.717) is 0 Å².